The molecule has 170 valence electrons. The molecule has 0 radical (unpaired) electrons. The number of benzene rings is 1. The third kappa shape index (κ3) is 5.05. The highest BCUT2D eigenvalue weighted by molar-refractivity contribution is 7.93. The molecular formula is C21H26FN7O2S. The summed E-state index contributed by atoms with van der Waals surface area (Å²) in [6.45, 7) is 7.12. The Balaban J connectivity index is 1.35. The van der Waals surface area contributed by atoms with Crippen molar-refractivity contribution in [2.75, 3.05) is 35.8 Å². The third-order valence-electron chi connectivity index (χ3n) is 5.35. The minimum absolute atomic E-state index is 0.129. The number of sulfonamides is 1. The van der Waals surface area contributed by atoms with Crippen LogP contribution in [0.1, 0.15) is 19.5 Å². The van der Waals surface area contributed by atoms with Gasteiger partial charge in [-0.2, -0.15) is 4.68 Å². The highest BCUT2D eigenvalue weighted by atomic mass is 32.2. The first kappa shape index (κ1) is 22.2. The van der Waals surface area contributed by atoms with Crippen LogP contribution in [-0.2, 0) is 16.6 Å². The van der Waals surface area contributed by atoms with Crippen molar-refractivity contribution in [3.63, 3.8) is 0 Å². The molecule has 1 aromatic carbocycles. The summed E-state index contributed by atoms with van der Waals surface area (Å²) in [5.41, 5.74) is 2.29. The van der Waals surface area contributed by atoms with Gasteiger partial charge in [-0.3, -0.25) is 9.62 Å². The third-order valence-corrected chi connectivity index (χ3v) is 7.11. The van der Waals surface area contributed by atoms with Gasteiger partial charge in [0.1, 0.15) is 0 Å². The quantitative estimate of drug-likeness (QED) is 0.579. The number of anilines is 2. The Labute approximate surface area is 186 Å². The number of aromatic nitrogens is 4. The van der Waals surface area contributed by atoms with Crippen molar-refractivity contribution in [1.29, 1.82) is 0 Å². The summed E-state index contributed by atoms with van der Waals surface area (Å²) >= 11 is 0. The monoisotopic (exact) mass is 459 g/mol. The summed E-state index contributed by atoms with van der Waals surface area (Å²) in [5.74, 6) is -0.320. The van der Waals surface area contributed by atoms with Gasteiger partial charge in [0, 0.05) is 44.6 Å². The second-order valence-corrected chi connectivity index (χ2v) is 10.2. The smallest absolute Gasteiger partial charge is 0.235 e. The number of piperazine rings is 1. The van der Waals surface area contributed by atoms with E-state index in [1.165, 1.54) is 23.0 Å². The summed E-state index contributed by atoms with van der Waals surface area (Å²) in [5, 5.41) is 7.65. The van der Waals surface area contributed by atoms with E-state index in [0.29, 0.717) is 12.2 Å². The molecule has 0 aliphatic carbocycles. The molecule has 0 bridgehead atoms. The Hall–Kier alpha value is -3.05. The summed E-state index contributed by atoms with van der Waals surface area (Å²) in [7, 11) is -3.38. The van der Waals surface area contributed by atoms with Crippen LogP contribution in [0.3, 0.4) is 0 Å². The Morgan fingerprint density at radius 1 is 1.12 bits per heavy atom. The van der Waals surface area contributed by atoms with Crippen LogP contribution in [0, 0.1) is 5.82 Å². The Morgan fingerprint density at radius 3 is 2.62 bits per heavy atom. The maximum atomic E-state index is 13.9. The highest BCUT2D eigenvalue weighted by Crippen LogP contribution is 2.23. The average Bonchev–Trinajstić information content (AvgIpc) is 3.22. The Kier molecular flexibility index (Phi) is 6.38. The first-order valence-corrected chi connectivity index (χ1v) is 12.0. The molecule has 0 spiro atoms. The predicted molar refractivity (Wildman–Crippen MR) is 121 cm³/mol. The van der Waals surface area contributed by atoms with E-state index in [0.717, 1.165) is 37.6 Å². The van der Waals surface area contributed by atoms with Gasteiger partial charge in [-0.1, -0.05) is 11.3 Å². The summed E-state index contributed by atoms with van der Waals surface area (Å²) in [6, 6.07) is 10.3. The second kappa shape index (κ2) is 9.21. The highest BCUT2D eigenvalue weighted by Gasteiger charge is 2.20. The number of hydrogen-bond acceptors (Lipinski definition) is 7. The number of nitrogens with zero attached hydrogens (tertiary/aromatic N) is 6. The largest absolute Gasteiger partial charge is 0.369 e. The van der Waals surface area contributed by atoms with Crippen LogP contribution in [0.2, 0.25) is 0 Å². The number of rotatable bonds is 7. The molecule has 3 heterocycles. The lowest BCUT2D eigenvalue weighted by molar-refractivity contribution is 0.247. The molecule has 1 aliphatic rings. The molecule has 3 aromatic rings. The van der Waals surface area contributed by atoms with Gasteiger partial charge in [0.25, 0.3) is 0 Å². The molecule has 11 heteroatoms. The van der Waals surface area contributed by atoms with Crippen LogP contribution in [0.25, 0.3) is 5.82 Å². The van der Waals surface area contributed by atoms with E-state index in [9.17, 15) is 12.8 Å². The van der Waals surface area contributed by atoms with Crippen molar-refractivity contribution >= 4 is 21.4 Å². The van der Waals surface area contributed by atoms with Crippen LogP contribution in [0.15, 0.2) is 48.8 Å². The van der Waals surface area contributed by atoms with Gasteiger partial charge in [0.2, 0.25) is 10.0 Å². The first-order valence-electron chi connectivity index (χ1n) is 10.4. The standard InChI is InChI=1S/C21H26FN7O2S/c1-16(2)32(30,31)25-17-5-3-6-19(13-17)28-11-9-27(10-12-28)14-18-15-29(26-24-18)21-20(22)7-4-8-23-21/h3-8,13,15-16,25H,9-12,14H2,1-2H3. The topological polar surface area (TPSA) is 96.2 Å². The lowest BCUT2D eigenvalue weighted by atomic mass is 10.2. The molecule has 32 heavy (non-hydrogen) atoms. The zero-order valence-electron chi connectivity index (χ0n) is 18.0. The summed E-state index contributed by atoms with van der Waals surface area (Å²) in [4.78, 5) is 8.49. The van der Waals surface area contributed by atoms with E-state index in [4.69, 9.17) is 0 Å². The number of halogens is 1. The molecule has 1 N–H and O–H groups in total. The lowest BCUT2D eigenvalue weighted by Gasteiger charge is -2.35. The van der Waals surface area contributed by atoms with Gasteiger partial charge in [0.15, 0.2) is 11.6 Å². The molecule has 0 amide bonds. The summed E-state index contributed by atoms with van der Waals surface area (Å²) in [6.07, 6.45) is 3.21. The van der Waals surface area contributed by atoms with Crippen molar-refractivity contribution in [2.24, 2.45) is 0 Å². The molecule has 1 saturated heterocycles. The van der Waals surface area contributed by atoms with Crippen LogP contribution >= 0.6 is 0 Å². The first-order chi connectivity index (χ1) is 15.3. The minimum Gasteiger partial charge on any atom is -0.369 e. The molecular weight excluding hydrogens is 433 g/mol. The van der Waals surface area contributed by atoms with E-state index in [-0.39, 0.29) is 5.82 Å². The fourth-order valence-corrected chi connectivity index (χ4v) is 4.15. The normalized spacial score (nSPS) is 15.3. The van der Waals surface area contributed by atoms with Crippen molar-refractivity contribution in [3.05, 3.63) is 60.3 Å². The maximum Gasteiger partial charge on any atom is 0.235 e. The number of pyridine rings is 1. The molecule has 1 aliphatic heterocycles. The minimum atomic E-state index is -3.38. The fraction of sp³-hybridized carbons (Fsp3) is 0.381. The molecule has 1 fully saturated rings. The van der Waals surface area contributed by atoms with Crippen molar-refractivity contribution < 1.29 is 12.8 Å². The van der Waals surface area contributed by atoms with Crippen LogP contribution < -0.4 is 9.62 Å². The van der Waals surface area contributed by atoms with Gasteiger partial charge >= 0.3 is 0 Å². The average molecular weight is 460 g/mol. The predicted octanol–water partition coefficient (Wildman–Crippen LogP) is 2.27. The zero-order chi connectivity index (χ0) is 22.7. The molecule has 9 nitrogen and oxygen atoms in total. The van der Waals surface area contributed by atoms with Crippen molar-refractivity contribution in [1.82, 2.24) is 24.9 Å². The van der Waals surface area contributed by atoms with Gasteiger partial charge < -0.3 is 4.90 Å². The van der Waals surface area contributed by atoms with E-state index in [1.807, 2.05) is 18.2 Å². The maximum absolute atomic E-state index is 13.9. The Bertz CT molecular complexity index is 1170. The fourth-order valence-electron chi connectivity index (χ4n) is 3.46. The van der Waals surface area contributed by atoms with Crippen LogP contribution in [0.5, 0.6) is 0 Å². The molecule has 2 aromatic heterocycles. The number of nitrogens with one attached hydrogen (secondary N) is 1. The lowest BCUT2D eigenvalue weighted by Crippen LogP contribution is -2.46. The van der Waals surface area contributed by atoms with Gasteiger partial charge in [-0.25, -0.2) is 17.8 Å². The van der Waals surface area contributed by atoms with E-state index in [1.54, 1.807) is 26.1 Å². The van der Waals surface area contributed by atoms with E-state index in [2.05, 4.69) is 29.8 Å². The molecule has 0 unspecified atom stereocenters. The molecule has 0 atom stereocenters. The van der Waals surface area contributed by atoms with Gasteiger partial charge in [-0.05, 0) is 44.2 Å². The van der Waals surface area contributed by atoms with Crippen LogP contribution in [0.4, 0.5) is 15.8 Å². The van der Waals surface area contributed by atoms with E-state index >= 15 is 0 Å². The zero-order valence-corrected chi connectivity index (χ0v) is 18.8. The molecule has 4 rings (SSSR count). The second-order valence-electron chi connectivity index (χ2n) is 7.97. The van der Waals surface area contributed by atoms with Gasteiger partial charge in [-0.15, -0.1) is 5.10 Å². The number of hydrogen-bond donors (Lipinski definition) is 1. The van der Waals surface area contributed by atoms with Crippen molar-refractivity contribution in [3.8, 4) is 5.82 Å². The van der Waals surface area contributed by atoms with Gasteiger partial charge in [0.05, 0.1) is 22.8 Å². The van der Waals surface area contributed by atoms with Crippen LogP contribution in [-0.4, -0.2) is 64.7 Å². The Morgan fingerprint density at radius 2 is 1.91 bits per heavy atom. The molecule has 0 saturated carbocycles. The van der Waals surface area contributed by atoms with Crippen molar-refractivity contribution in [2.45, 2.75) is 25.6 Å². The summed E-state index contributed by atoms with van der Waals surface area (Å²) < 4.78 is 42.2. The SMILES string of the molecule is CC(C)S(=O)(=O)Nc1cccc(N2CCN(Cc3cn(-c4ncccc4F)nn3)CC2)c1. The van der Waals surface area contributed by atoms with E-state index < -0.39 is 21.1 Å².